The Hall–Kier alpha value is -2.68. The second-order valence-electron chi connectivity index (χ2n) is 12.1. The molecule has 1 aromatic heterocycles. The first-order valence-electron chi connectivity index (χ1n) is 14.3. The van der Waals surface area contributed by atoms with Gasteiger partial charge in [-0.25, -0.2) is 18.2 Å². The zero-order valence-electron chi connectivity index (χ0n) is 25.5. The molecule has 0 spiro atoms. The molecular weight excluding hydrogens is 701 g/mol. The average Bonchev–Trinajstić information content (AvgIpc) is 2.94. The number of alkyl halides is 3. The third-order valence-electron chi connectivity index (χ3n) is 7.63. The molecule has 0 unspecified atom stereocenters. The molecule has 1 aliphatic heterocycles. The van der Waals surface area contributed by atoms with E-state index in [-0.39, 0.29) is 61.3 Å². The van der Waals surface area contributed by atoms with Crippen LogP contribution < -0.4 is 5.56 Å². The molecule has 15 heteroatoms. The summed E-state index contributed by atoms with van der Waals surface area (Å²) in [5, 5.41) is -0.0330. The molecule has 9 nitrogen and oxygen atoms in total. The lowest BCUT2D eigenvalue weighted by Crippen LogP contribution is -2.49. The summed E-state index contributed by atoms with van der Waals surface area (Å²) in [5.74, 6) is -0.188. The minimum absolute atomic E-state index is 0.0222. The molecule has 0 radical (unpaired) electrons. The van der Waals surface area contributed by atoms with E-state index in [1.165, 1.54) is 36.4 Å². The fourth-order valence-corrected chi connectivity index (χ4v) is 7.29. The van der Waals surface area contributed by atoms with Crippen molar-refractivity contribution in [2.24, 2.45) is 0 Å². The van der Waals surface area contributed by atoms with E-state index >= 15 is 0 Å². The van der Waals surface area contributed by atoms with Crippen LogP contribution in [-0.2, 0) is 33.8 Å². The maximum Gasteiger partial charge on any atom is 0.416 e. The topological polar surface area (TPSA) is 102 Å². The second kappa shape index (κ2) is 13.2. The summed E-state index contributed by atoms with van der Waals surface area (Å²) in [5.41, 5.74) is -2.26. The van der Waals surface area contributed by atoms with Crippen molar-refractivity contribution >= 4 is 54.4 Å². The lowest BCUT2D eigenvalue weighted by atomic mass is 10.00. The average molecular weight is 736 g/mol. The molecule has 1 fully saturated rings. The number of amides is 1. The number of aromatic nitrogens is 2. The summed E-state index contributed by atoms with van der Waals surface area (Å²) >= 11 is 9.42. The molecule has 0 bridgehead atoms. The highest BCUT2D eigenvalue weighted by Crippen LogP contribution is 2.39. The van der Waals surface area contributed by atoms with Crippen molar-refractivity contribution in [3.05, 3.63) is 67.1 Å². The third-order valence-corrected chi connectivity index (χ3v) is 10.6. The summed E-state index contributed by atoms with van der Waals surface area (Å²) in [6.07, 6.45) is -2.78. The molecule has 4 rings (SSSR count). The SMILES string of the molecule is CCS(=O)(=O)c1ccc(Cl)cc1Cn1cnc2c(Br)c(CN3CCC[C@H](N(C)C(=O)OC(C)(C)C)C3)c(C(F)(F)F)cc2c1=O. The summed E-state index contributed by atoms with van der Waals surface area (Å²) < 4.78 is 75.4. The maximum absolute atomic E-state index is 14.5. The largest absolute Gasteiger partial charge is 0.444 e. The van der Waals surface area contributed by atoms with Gasteiger partial charge in [-0.15, -0.1) is 0 Å². The van der Waals surface area contributed by atoms with E-state index in [1.807, 2.05) is 4.90 Å². The van der Waals surface area contributed by atoms with Crippen LogP contribution in [0.2, 0.25) is 5.02 Å². The number of hydrogen-bond donors (Lipinski definition) is 0. The first-order valence-corrected chi connectivity index (χ1v) is 17.1. The fourth-order valence-electron chi connectivity index (χ4n) is 5.33. The molecule has 0 N–H and O–H groups in total. The minimum Gasteiger partial charge on any atom is -0.444 e. The van der Waals surface area contributed by atoms with Crippen molar-refractivity contribution in [2.45, 2.75) is 76.3 Å². The number of fused-ring (bicyclic) bond motifs is 1. The first-order chi connectivity index (χ1) is 20.8. The number of sulfone groups is 1. The van der Waals surface area contributed by atoms with Gasteiger partial charge in [0.1, 0.15) is 5.60 Å². The van der Waals surface area contributed by atoms with E-state index in [2.05, 4.69) is 20.9 Å². The minimum atomic E-state index is -4.79. The van der Waals surface area contributed by atoms with Gasteiger partial charge < -0.3 is 9.64 Å². The van der Waals surface area contributed by atoms with Crippen molar-refractivity contribution in [1.82, 2.24) is 19.4 Å². The molecule has 1 saturated heterocycles. The standard InChI is InChI=1S/C30H35BrClF3N4O5S/c1-6-45(42,43)24-10-9-19(32)12-18(24)14-39-17-36-26-21(27(39)40)13-23(30(33,34)35)22(25(26)31)16-38-11-7-8-20(15-38)37(5)28(41)44-29(2,3)4/h9-10,12-13,17,20H,6-8,11,14-16H2,1-5H3/t20-/m0/s1. The van der Waals surface area contributed by atoms with Crippen LogP contribution >= 0.6 is 27.5 Å². The zero-order chi connectivity index (χ0) is 33.5. The predicted molar refractivity (Wildman–Crippen MR) is 169 cm³/mol. The predicted octanol–water partition coefficient (Wildman–Crippen LogP) is 6.50. The molecule has 246 valence electrons. The number of halogens is 5. The maximum atomic E-state index is 14.5. The molecule has 1 aliphatic rings. The number of carbonyl (C=O) groups excluding carboxylic acids is 1. The lowest BCUT2D eigenvalue weighted by Gasteiger charge is -2.38. The summed E-state index contributed by atoms with van der Waals surface area (Å²) in [6, 6.07) is 4.71. The normalized spacial score (nSPS) is 16.6. The van der Waals surface area contributed by atoms with E-state index in [9.17, 15) is 31.2 Å². The van der Waals surface area contributed by atoms with Gasteiger partial charge in [-0.3, -0.25) is 14.3 Å². The molecule has 2 aromatic carbocycles. The van der Waals surface area contributed by atoms with Crippen LogP contribution in [0.25, 0.3) is 10.9 Å². The van der Waals surface area contributed by atoms with E-state index in [4.69, 9.17) is 16.3 Å². The number of benzene rings is 2. The Labute approximate surface area is 273 Å². The van der Waals surface area contributed by atoms with Crippen molar-refractivity contribution in [3.8, 4) is 0 Å². The lowest BCUT2D eigenvalue weighted by molar-refractivity contribution is -0.138. The van der Waals surface area contributed by atoms with E-state index in [0.717, 1.165) is 10.6 Å². The van der Waals surface area contributed by atoms with Crippen LogP contribution in [0, 0.1) is 0 Å². The number of piperidine rings is 1. The van der Waals surface area contributed by atoms with Gasteiger partial charge in [0, 0.05) is 35.7 Å². The molecule has 1 atom stereocenters. The number of hydrogen-bond acceptors (Lipinski definition) is 7. The van der Waals surface area contributed by atoms with Crippen LogP contribution in [0.1, 0.15) is 57.2 Å². The number of nitrogens with zero attached hydrogens (tertiary/aromatic N) is 4. The summed E-state index contributed by atoms with van der Waals surface area (Å²) in [6.45, 7) is 7.23. The Morgan fingerprint density at radius 2 is 1.89 bits per heavy atom. The van der Waals surface area contributed by atoms with Crippen LogP contribution in [0.5, 0.6) is 0 Å². The van der Waals surface area contributed by atoms with Crippen molar-refractivity contribution in [1.29, 1.82) is 0 Å². The Bertz CT molecular complexity index is 1780. The highest BCUT2D eigenvalue weighted by Gasteiger charge is 2.37. The summed E-state index contributed by atoms with van der Waals surface area (Å²) in [7, 11) is -2.06. The number of ether oxygens (including phenoxy) is 1. The second-order valence-corrected chi connectivity index (χ2v) is 15.5. The molecular formula is C30H35BrClF3N4O5S. The highest BCUT2D eigenvalue weighted by atomic mass is 79.9. The highest BCUT2D eigenvalue weighted by molar-refractivity contribution is 9.10. The smallest absolute Gasteiger partial charge is 0.416 e. The quantitative estimate of drug-likeness (QED) is 0.273. The van der Waals surface area contributed by atoms with Gasteiger partial charge in [0.15, 0.2) is 9.84 Å². The van der Waals surface area contributed by atoms with Crippen molar-refractivity contribution < 1.29 is 31.1 Å². The van der Waals surface area contributed by atoms with Crippen LogP contribution in [0.4, 0.5) is 18.0 Å². The van der Waals surface area contributed by atoms with Crippen LogP contribution in [0.3, 0.4) is 0 Å². The fraction of sp³-hybridized carbons (Fsp3) is 0.500. The van der Waals surface area contributed by atoms with Gasteiger partial charge in [0.2, 0.25) is 0 Å². The van der Waals surface area contributed by atoms with E-state index in [0.29, 0.717) is 25.9 Å². The Kier molecular flexibility index (Phi) is 10.3. The van der Waals surface area contributed by atoms with Gasteiger partial charge in [-0.1, -0.05) is 18.5 Å². The van der Waals surface area contributed by atoms with E-state index in [1.54, 1.807) is 27.8 Å². The summed E-state index contributed by atoms with van der Waals surface area (Å²) in [4.78, 5) is 33.8. The molecule has 2 heterocycles. The van der Waals surface area contributed by atoms with Gasteiger partial charge in [-0.05, 0) is 91.5 Å². The van der Waals surface area contributed by atoms with Crippen LogP contribution in [0.15, 0.2) is 44.8 Å². The Morgan fingerprint density at radius 3 is 2.51 bits per heavy atom. The number of likely N-dealkylation sites (tertiary alicyclic amines) is 1. The number of carbonyl (C=O) groups is 1. The Morgan fingerprint density at radius 1 is 1.20 bits per heavy atom. The van der Waals surface area contributed by atoms with Gasteiger partial charge >= 0.3 is 12.3 Å². The van der Waals surface area contributed by atoms with Crippen molar-refractivity contribution in [2.75, 3.05) is 25.9 Å². The van der Waals surface area contributed by atoms with Gasteiger partial charge in [-0.2, -0.15) is 13.2 Å². The molecule has 0 aliphatic carbocycles. The monoisotopic (exact) mass is 734 g/mol. The molecule has 3 aromatic rings. The first kappa shape index (κ1) is 35.2. The molecule has 45 heavy (non-hydrogen) atoms. The third kappa shape index (κ3) is 8.01. The Balaban J connectivity index is 1.71. The van der Waals surface area contributed by atoms with Gasteiger partial charge in [0.25, 0.3) is 5.56 Å². The number of likely N-dealkylation sites (N-methyl/N-ethyl adjacent to an activating group) is 1. The van der Waals surface area contributed by atoms with Gasteiger partial charge in [0.05, 0.1) is 40.0 Å². The molecule has 1 amide bonds. The zero-order valence-corrected chi connectivity index (χ0v) is 28.7. The molecule has 0 saturated carbocycles. The van der Waals surface area contributed by atoms with Crippen LogP contribution in [-0.4, -0.2) is 71.4 Å². The number of rotatable bonds is 7. The van der Waals surface area contributed by atoms with E-state index < -0.39 is 38.8 Å². The van der Waals surface area contributed by atoms with Crippen molar-refractivity contribution in [3.63, 3.8) is 0 Å².